The molecule has 0 radical (unpaired) electrons. The largest absolute Gasteiger partial charge is 0.0988 e. The van der Waals surface area contributed by atoms with Gasteiger partial charge >= 0.3 is 0 Å². The lowest BCUT2D eigenvalue weighted by atomic mass is 9.72. The van der Waals surface area contributed by atoms with Crippen molar-refractivity contribution in [2.24, 2.45) is 5.41 Å². The van der Waals surface area contributed by atoms with E-state index in [0.717, 1.165) is 5.57 Å². The van der Waals surface area contributed by atoms with Gasteiger partial charge in [0.05, 0.1) is 0 Å². The highest BCUT2D eigenvalue weighted by atomic mass is 14.3. The minimum absolute atomic E-state index is 0.296. The molecule has 0 saturated heterocycles. The molecule has 0 saturated carbocycles. The molecule has 0 amide bonds. The molecule has 0 atom stereocenters. The Bertz CT molecular complexity index is 880. The molecular weight excluding hydrogens is 372 g/mol. The molecule has 31 heavy (non-hydrogen) atoms. The van der Waals surface area contributed by atoms with Crippen LogP contribution in [0.25, 0.3) is 0 Å². The van der Waals surface area contributed by atoms with Gasteiger partial charge in [-0.2, -0.15) is 0 Å². The monoisotopic (exact) mass is 414 g/mol. The van der Waals surface area contributed by atoms with Crippen LogP contribution in [0.3, 0.4) is 0 Å². The minimum Gasteiger partial charge on any atom is -0.0988 e. The minimum atomic E-state index is 0.296. The lowest BCUT2D eigenvalue weighted by molar-refractivity contribution is 0.377. The van der Waals surface area contributed by atoms with Crippen LogP contribution < -0.4 is 0 Å². The first-order chi connectivity index (χ1) is 14.7. The van der Waals surface area contributed by atoms with E-state index in [-0.39, 0.29) is 0 Å². The van der Waals surface area contributed by atoms with Crippen LogP contribution in [0, 0.1) is 5.41 Å². The third-order valence-electron chi connectivity index (χ3n) is 5.64. The molecule has 0 unspecified atom stereocenters. The van der Waals surface area contributed by atoms with E-state index in [1.54, 1.807) is 5.57 Å². The summed E-state index contributed by atoms with van der Waals surface area (Å²) < 4.78 is 0. The molecule has 0 bridgehead atoms. The van der Waals surface area contributed by atoms with Crippen LogP contribution in [-0.4, -0.2) is 0 Å². The Hall–Kier alpha value is -2.60. The van der Waals surface area contributed by atoms with Crippen molar-refractivity contribution >= 4 is 0 Å². The maximum Gasteiger partial charge on any atom is -0.0104 e. The van der Waals surface area contributed by atoms with Gasteiger partial charge in [0.15, 0.2) is 0 Å². The predicted molar refractivity (Wildman–Crippen MR) is 142 cm³/mol. The normalized spacial score (nSPS) is 19.6. The summed E-state index contributed by atoms with van der Waals surface area (Å²) >= 11 is 0. The Morgan fingerprint density at radius 2 is 1.23 bits per heavy atom. The summed E-state index contributed by atoms with van der Waals surface area (Å²) in [7, 11) is 0. The van der Waals surface area contributed by atoms with Crippen LogP contribution in [0.4, 0.5) is 0 Å². The van der Waals surface area contributed by atoms with Gasteiger partial charge < -0.3 is 0 Å². The summed E-state index contributed by atoms with van der Waals surface area (Å²) in [5.41, 5.74) is 8.23. The first kappa shape index (κ1) is 26.4. The smallest absolute Gasteiger partial charge is 0.0104 e. The van der Waals surface area contributed by atoms with Crippen molar-refractivity contribution in [3.05, 3.63) is 119 Å². The van der Waals surface area contributed by atoms with Crippen molar-refractivity contribution in [2.75, 3.05) is 0 Å². The molecule has 0 aromatic carbocycles. The van der Waals surface area contributed by atoms with Crippen molar-refractivity contribution in [1.82, 2.24) is 0 Å². The standard InChI is InChI=1S/C31H42/c1-9-25(2)17-12-18-26(3)15-10-11-16-27(4)19-13-20-28(5)22-23-30-29(6)21-14-24-31(30,7)8/h9-13,15-20,22-23H,1,14,21,24H2,2-8H3. The number of hydrogen-bond acceptors (Lipinski definition) is 0. The van der Waals surface area contributed by atoms with Crippen LogP contribution in [0.2, 0.25) is 0 Å². The average molecular weight is 415 g/mol. The molecule has 0 fully saturated rings. The first-order valence-electron chi connectivity index (χ1n) is 11.4. The first-order valence-corrected chi connectivity index (χ1v) is 11.4. The van der Waals surface area contributed by atoms with E-state index in [0.29, 0.717) is 5.41 Å². The third-order valence-corrected chi connectivity index (χ3v) is 5.64. The Labute approximate surface area is 192 Å². The second-order valence-electron chi connectivity index (χ2n) is 9.21. The molecule has 1 aliphatic rings. The third kappa shape index (κ3) is 10.8. The van der Waals surface area contributed by atoms with Gasteiger partial charge in [0.25, 0.3) is 0 Å². The van der Waals surface area contributed by atoms with Crippen molar-refractivity contribution in [3.8, 4) is 0 Å². The molecule has 166 valence electrons. The molecule has 0 aromatic heterocycles. The van der Waals surface area contributed by atoms with E-state index < -0.39 is 0 Å². The summed E-state index contributed by atoms with van der Waals surface area (Å²) in [6.07, 6.45) is 31.3. The number of hydrogen-bond donors (Lipinski definition) is 0. The van der Waals surface area contributed by atoms with Crippen molar-refractivity contribution in [1.29, 1.82) is 0 Å². The summed E-state index contributed by atoms with van der Waals surface area (Å²) in [6, 6.07) is 0. The zero-order chi connectivity index (χ0) is 23.3. The maximum atomic E-state index is 3.75. The molecule has 1 rings (SSSR count). The molecular formula is C31H42. The van der Waals surface area contributed by atoms with E-state index in [2.05, 4.69) is 121 Å². The number of rotatable bonds is 9. The van der Waals surface area contributed by atoms with Gasteiger partial charge in [-0.05, 0) is 64.9 Å². The topological polar surface area (TPSA) is 0 Å². The molecule has 0 aliphatic heterocycles. The quantitative estimate of drug-likeness (QED) is 0.329. The van der Waals surface area contributed by atoms with E-state index >= 15 is 0 Å². The fraction of sp³-hybridized carbons (Fsp3) is 0.355. The van der Waals surface area contributed by atoms with E-state index in [1.807, 2.05) is 13.0 Å². The highest BCUT2D eigenvalue weighted by Gasteiger charge is 2.26. The van der Waals surface area contributed by atoms with E-state index in [1.165, 1.54) is 41.6 Å². The van der Waals surface area contributed by atoms with Gasteiger partial charge in [0.2, 0.25) is 0 Å². The Kier molecular flexibility index (Phi) is 11.6. The molecule has 0 heteroatoms. The average Bonchev–Trinajstić information content (AvgIpc) is 2.70. The molecule has 0 N–H and O–H groups in total. The van der Waals surface area contributed by atoms with Crippen LogP contribution in [-0.2, 0) is 0 Å². The summed E-state index contributed by atoms with van der Waals surface area (Å²) in [4.78, 5) is 0. The van der Waals surface area contributed by atoms with Crippen LogP contribution in [0.15, 0.2) is 119 Å². The van der Waals surface area contributed by atoms with Crippen LogP contribution in [0.5, 0.6) is 0 Å². The van der Waals surface area contributed by atoms with Crippen molar-refractivity contribution in [3.63, 3.8) is 0 Å². The second-order valence-corrected chi connectivity index (χ2v) is 9.21. The van der Waals surface area contributed by atoms with E-state index in [4.69, 9.17) is 0 Å². The fourth-order valence-electron chi connectivity index (χ4n) is 3.58. The Balaban J connectivity index is 2.65. The molecule has 0 spiro atoms. The van der Waals surface area contributed by atoms with Gasteiger partial charge in [-0.15, -0.1) is 0 Å². The molecule has 0 aromatic rings. The van der Waals surface area contributed by atoms with Gasteiger partial charge in [0, 0.05) is 0 Å². The highest BCUT2D eigenvalue weighted by Crippen LogP contribution is 2.40. The summed E-state index contributed by atoms with van der Waals surface area (Å²) in [5, 5.41) is 0. The lowest BCUT2D eigenvalue weighted by Crippen LogP contribution is -2.19. The van der Waals surface area contributed by atoms with Gasteiger partial charge in [-0.1, -0.05) is 127 Å². The molecule has 1 aliphatic carbocycles. The summed E-state index contributed by atoms with van der Waals surface area (Å²) in [6.45, 7) is 19.2. The van der Waals surface area contributed by atoms with Gasteiger partial charge in [0.1, 0.15) is 0 Å². The second kappa shape index (κ2) is 13.7. The molecule has 0 nitrogen and oxygen atoms in total. The van der Waals surface area contributed by atoms with Crippen molar-refractivity contribution < 1.29 is 0 Å². The number of allylic oxidation sites excluding steroid dienone is 19. The Morgan fingerprint density at radius 3 is 1.74 bits per heavy atom. The predicted octanol–water partition coefficient (Wildman–Crippen LogP) is 9.71. The van der Waals surface area contributed by atoms with Crippen LogP contribution >= 0.6 is 0 Å². The van der Waals surface area contributed by atoms with E-state index in [9.17, 15) is 0 Å². The highest BCUT2D eigenvalue weighted by molar-refractivity contribution is 5.37. The lowest BCUT2D eigenvalue weighted by Gasteiger charge is -2.32. The Morgan fingerprint density at radius 1 is 0.742 bits per heavy atom. The molecule has 0 heterocycles. The maximum absolute atomic E-state index is 3.75. The van der Waals surface area contributed by atoms with Gasteiger partial charge in [-0.3, -0.25) is 0 Å². The summed E-state index contributed by atoms with van der Waals surface area (Å²) in [5.74, 6) is 0. The zero-order valence-corrected chi connectivity index (χ0v) is 20.8. The van der Waals surface area contributed by atoms with Gasteiger partial charge in [-0.25, -0.2) is 0 Å². The fourth-order valence-corrected chi connectivity index (χ4v) is 3.58. The SMILES string of the molecule is C=CC(C)=CC=CC(C)=CC=CC=C(C)C=CC=C(C)C=CC1=C(C)CCCC1(C)C. The zero-order valence-electron chi connectivity index (χ0n) is 20.8. The van der Waals surface area contributed by atoms with Crippen LogP contribution in [0.1, 0.15) is 67.7 Å². The van der Waals surface area contributed by atoms with Crippen molar-refractivity contribution in [2.45, 2.75) is 67.7 Å².